The van der Waals surface area contributed by atoms with Gasteiger partial charge < -0.3 is 9.64 Å². The lowest BCUT2D eigenvalue weighted by atomic mass is 10.2. The second-order valence-electron chi connectivity index (χ2n) is 5.64. The van der Waals surface area contributed by atoms with Gasteiger partial charge >= 0.3 is 0 Å². The number of hydrogen-bond acceptors (Lipinski definition) is 4. The zero-order valence-corrected chi connectivity index (χ0v) is 14.8. The van der Waals surface area contributed by atoms with E-state index in [1.165, 1.54) is 24.3 Å². The van der Waals surface area contributed by atoms with Gasteiger partial charge in [-0.3, -0.25) is 4.79 Å². The molecule has 0 saturated carbocycles. The molecule has 24 heavy (non-hydrogen) atoms. The molecule has 1 amide bonds. The lowest BCUT2D eigenvalue weighted by Gasteiger charge is -2.18. The maximum Gasteiger partial charge on any atom is 0.253 e. The number of aryl methyl sites for hydroxylation is 1. The van der Waals surface area contributed by atoms with Crippen molar-refractivity contribution in [3.63, 3.8) is 0 Å². The van der Waals surface area contributed by atoms with Gasteiger partial charge in [-0.25, -0.2) is 8.42 Å². The highest BCUT2D eigenvalue weighted by Gasteiger charge is 2.13. The fourth-order valence-electron chi connectivity index (χ4n) is 2.18. The summed E-state index contributed by atoms with van der Waals surface area (Å²) < 4.78 is 28.6. The molecule has 0 aliphatic heterocycles. The van der Waals surface area contributed by atoms with E-state index in [9.17, 15) is 13.2 Å². The van der Waals surface area contributed by atoms with Crippen LogP contribution in [0.15, 0.2) is 53.4 Å². The van der Waals surface area contributed by atoms with Gasteiger partial charge in [0.1, 0.15) is 12.4 Å². The van der Waals surface area contributed by atoms with Crippen LogP contribution in [-0.2, 0) is 9.84 Å². The highest BCUT2D eigenvalue weighted by molar-refractivity contribution is 7.90. The van der Waals surface area contributed by atoms with Crippen molar-refractivity contribution in [1.82, 2.24) is 4.90 Å². The molecule has 0 fully saturated rings. The van der Waals surface area contributed by atoms with Crippen LogP contribution in [0.1, 0.15) is 15.9 Å². The van der Waals surface area contributed by atoms with Gasteiger partial charge in [-0.05, 0) is 42.8 Å². The molecule has 2 rings (SSSR count). The topological polar surface area (TPSA) is 63.7 Å². The Morgan fingerprint density at radius 1 is 1.08 bits per heavy atom. The zero-order chi connectivity index (χ0) is 17.7. The van der Waals surface area contributed by atoms with E-state index >= 15 is 0 Å². The molecule has 0 unspecified atom stereocenters. The number of sulfone groups is 1. The van der Waals surface area contributed by atoms with E-state index in [1.54, 1.807) is 11.9 Å². The average Bonchev–Trinajstić information content (AvgIpc) is 2.55. The summed E-state index contributed by atoms with van der Waals surface area (Å²) in [7, 11) is -1.57. The Balaban J connectivity index is 1.93. The summed E-state index contributed by atoms with van der Waals surface area (Å²) in [6.07, 6.45) is 1.14. The Kier molecular flexibility index (Phi) is 5.62. The van der Waals surface area contributed by atoms with E-state index in [1.807, 2.05) is 31.2 Å². The first-order valence-electron chi connectivity index (χ1n) is 7.53. The van der Waals surface area contributed by atoms with Gasteiger partial charge in [0, 0.05) is 18.9 Å². The Hall–Kier alpha value is -2.34. The Labute approximate surface area is 142 Å². The summed E-state index contributed by atoms with van der Waals surface area (Å²) in [4.78, 5) is 14.1. The number of carbonyl (C=O) groups is 1. The number of ether oxygens (including phenoxy) is 1. The Morgan fingerprint density at radius 2 is 1.71 bits per heavy atom. The van der Waals surface area contributed by atoms with Gasteiger partial charge in [-0.15, -0.1) is 0 Å². The minimum atomic E-state index is -3.26. The third kappa shape index (κ3) is 4.58. The van der Waals surface area contributed by atoms with Crippen LogP contribution in [0.3, 0.4) is 0 Å². The summed E-state index contributed by atoms with van der Waals surface area (Å²) in [5.41, 5.74) is 1.49. The molecule has 0 bridgehead atoms. The lowest BCUT2D eigenvalue weighted by molar-refractivity contribution is 0.0773. The number of amides is 1. The molecular weight excluding hydrogens is 326 g/mol. The van der Waals surface area contributed by atoms with Crippen molar-refractivity contribution in [2.75, 3.05) is 26.5 Å². The normalized spacial score (nSPS) is 11.1. The smallest absolute Gasteiger partial charge is 0.253 e. The van der Waals surface area contributed by atoms with Crippen LogP contribution in [0, 0.1) is 6.92 Å². The van der Waals surface area contributed by atoms with Gasteiger partial charge in [-0.1, -0.05) is 18.2 Å². The van der Waals surface area contributed by atoms with Crippen LogP contribution in [0.4, 0.5) is 0 Å². The quantitative estimate of drug-likeness (QED) is 0.806. The summed E-state index contributed by atoms with van der Waals surface area (Å²) in [5.74, 6) is 0.624. The number of likely N-dealkylation sites (N-methyl/N-ethyl adjacent to an activating group) is 1. The average molecular weight is 347 g/mol. The van der Waals surface area contributed by atoms with Crippen molar-refractivity contribution in [3.05, 3.63) is 59.7 Å². The predicted octanol–water partition coefficient (Wildman–Crippen LogP) is 2.55. The highest BCUT2D eigenvalue weighted by atomic mass is 32.2. The first-order chi connectivity index (χ1) is 11.3. The fraction of sp³-hybridized carbons (Fsp3) is 0.278. The van der Waals surface area contributed by atoms with E-state index in [-0.39, 0.29) is 10.8 Å². The molecule has 0 spiro atoms. The van der Waals surface area contributed by atoms with Gasteiger partial charge in [0.2, 0.25) is 0 Å². The van der Waals surface area contributed by atoms with Gasteiger partial charge in [0.05, 0.1) is 11.4 Å². The summed E-state index contributed by atoms with van der Waals surface area (Å²) in [6, 6.07) is 13.6. The number of hydrogen-bond donors (Lipinski definition) is 0. The van der Waals surface area contributed by atoms with Crippen molar-refractivity contribution >= 4 is 15.7 Å². The van der Waals surface area contributed by atoms with Crippen LogP contribution >= 0.6 is 0 Å². The first kappa shape index (κ1) is 18.0. The van der Waals surface area contributed by atoms with Crippen LogP contribution in [0.5, 0.6) is 5.75 Å². The molecule has 0 aromatic heterocycles. The second-order valence-corrected chi connectivity index (χ2v) is 7.65. The van der Waals surface area contributed by atoms with Crippen molar-refractivity contribution in [2.45, 2.75) is 11.8 Å². The number of carbonyl (C=O) groups excluding carboxylic acids is 1. The van der Waals surface area contributed by atoms with Crippen molar-refractivity contribution in [2.24, 2.45) is 0 Å². The van der Waals surface area contributed by atoms with Gasteiger partial charge in [-0.2, -0.15) is 0 Å². The van der Waals surface area contributed by atoms with E-state index < -0.39 is 9.84 Å². The number of para-hydroxylation sites is 1. The highest BCUT2D eigenvalue weighted by Crippen LogP contribution is 2.16. The number of rotatable bonds is 6. The van der Waals surface area contributed by atoms with E-state index in [0.717, 1.165) is 17.6 Å². The van der Waals surface area contributed by atoms with E-state index in [0.29, 0.717) is 18.7 Å². The molecule has 0 aliphatic carbocycles. The molecule has 0 saturated heterocycles. The van der Waals surface area contributed by atoms with Crippen molar-refractivity contribution in [1.29, 1.82) is 0 Å². The minimum Gasteiger partial charge on any atom is -0.491 e. The molecular formula is C18H21NO4S. The maximum atomic E-state index is 12.3. The van der Waals surface area contributed by atoms with Crippen LogP contribution in [0.25, 0.3) is 0 Å². The van der Waals surface area contributed by atoms with E-state index in [2.05, 4.69) is 0 Å². The Bertz CT molecular complexity index is 813. The largest absolute Gasteiger partial charge is 0.491 e. The molecule has 2 aromatic carbocycles. The fourth-order valence-corrected chi connectivity index (χ4v) is 2.81. The molecule has 0 aliphatic rings. The number of benzene rings is 2. The Morgan fingerprint density at radius 3 is 2.29 bits per heavy atom. The summed E-state index contributed by atoms with van der Waals surface area (Å²) >= 11 is 0. The summed E-state index contributed by atoms with van der Waals surface area (Å²) in [6.45, 7) is 2.78. The van der Waals surface area contributed by atoms with Crippen LogP contribution < -0.4 is 4.74 Å². The van der Waals surface area contributed by atoms with Crippen molar-refractivity contribution in [3.8, 4) is 5.75 Å². The number of nitrogens with zero attached hydrogens (tertiary/aromatic N) is 1. The van der Waals surface area contributed by atoms with Crippen LogP contribution in [0.2, 0.25) is 0 Å². The van der Waals surface area contributed by atoms with Gasteiger partial charge in [0.15, 0.2) is 9.84 Å². The first-order valence-corrected chi connectivity index (χ1v) is 9.42. The lowest BCUT2D eigenvalue weighted by Crippen LogP contribution is -2.30. The molecule has 5 nitrogen and oxygen atoms in total. The predicted molar refractivity (Wildman–Crippen MR) is 93.2 cm³/mol. The van der Waals surface area contributed by atoms with Gasteiger partial charge in [0.25, 0.3) is 5.91 Å². The molecule has 2 aromatic rings. The standard InChI is InChI=1S/C18H21NO4S/c1-14-6-4-5-7-17(14)23-13-12-19(2)18(20)15-8-10-16(11-9-15)24(3,21)22/h4-11H,12-13H2,1-3H3. The second kappa shape index (κ2) is 7.49. The summed E-state index contributed by atoms with van der Waals surface area (Å²) in [5, 5.41) is 0. The SMILES string of the molecule is Cc1ccccc1OCCN(C)C(=O)c1ccc(S(C)(=O)=O)cc1. The van der Waals surface area contributed by atoms with E-state index in [4.69, 9.17) is 4.74 Å². The molecule has 0 N–H and O–H groups in total. The molecule has 6 heteroatoms. The third-order valence-electron chi connectivity index (χ3n) is 3.65. The van der Waals surface area contributed by atoms with Crippen LogP contribution in [-0.4, -0.2) is 45.7 Å². The third-order valence-corrected chi connectivity index (χ3v) is 4.78. The minimum absolute atomic E-state index is 0.177. The van der Waals surface area contributed by atoms with Crippen molar-refractivity contribution < 1.29 is 17.9 Å². The molecule has 0 heterocycles. The zero-order valence-electron chi connectivity index (χ0n) is 14.0. The monoisotopic (exact) mass is 347 g/mol. The maximum absolute atomic E-state index is 12.3. The molecule has 0 atom stereocenters. The molecule has 0 radical (unpaired) electrons. The molecule has 128 valence electrons.